The minimum absolute atomic E-state index is 0.302. The van der Waals surface area contributed by atoms with Crippen molar-refractivity contribution in [3.05, 3.63) is 58.6 Å². The standard InChI is InChI=1S/C21H26ClN3O4S/c1-5-12-23-21(27)17-8-6-7-9-18(17)24-20(26)15(3)25(30(4,28)29)19-13-16(22)11-10-14(19)2/h6-11,13,15H,5,12H2,1-4H3,(H,23,27)(H,24,26)/t15-/m1/s1. The number of para-hydroxylation sites is 1. The van der Waals surface area contributed by atoms with E-state index in [4.69, 9.17) is 11.6 Å². The van der Waals surface area contributed by atoms with E-state index in [1.807, 2.05) is 6.92 Å². The number of rotatable bonds is 8. The molecule has 9 heteroatoms. The Morgan fingerprint density at radius 2 is 1.83 bits per heavy atom. The first-order valence-corrected chi connectivity index (χ1v) is 11.7. The van der Waals surface area contributed by atoms with E-state index in [1.54, 1.807) is 43.3 Å². The molecule has 0 fully saturated rings. The zero-order valence-electron chi connectivity index (χ0n) is 17.4. The molecule has 0 radical (unpaired) electrons. The van der Waals surface area contributed by atoms with Gasteiger partial charge < -0.3 is 10.6 Å². The van der Waals surface area contributed by atoms with Gasteiger partial charge in [0.05, 0.1) is 23.2 Å². The van der Waals surface area contributed by atoms with Crippen molar-refractivity contribution in [1.29, 1.82) is 0 Å². The molecule has 1 atom stereocenters. The van der Waals surface area contributed by atoms with E-state index in [1.165, 1.54) is 13.0 Å². The van der Waals surface area contributed by atoms with Crippen LogP contribution in [0.15, 0.2) is 42.5 Å². The summed E-state index contributed by atoms with van der Waals surface area (Å²) >= 11 is 6.06. The Morgan fingerprint density at radius 3 is 2.47 bits per heavy atom. The second-order valence-electron chi connectivity index (χ2n) is 6.96. The predicted molar refractivity (Wildman–Crippen MR) is 121 cm³/mol. The maximum atomic E-state index is 13.0. The van der Waals surface area contributed by atoms with Gasteiger partial charge in [-0.1, -0.05) is 36.7 Å². The average Bonchev–Trinajstić information content (AvgIpc) is 2.68. The van der Waals surface area contributed by atoms with Crippen molar-refractivity contribution >= 4 is 44.8 Å². The van der Waals surface area contributed by atoms with Crippen molar-refractivity contribution in [2.75, 3.05) is 22.4 Å². The molecule has 0 aromatic heterocycles. The van der Waals surface area contributed by atoms with E-state index in [-0.39, 0.29) is 5.91 Å². The topological polar surface area (TPSA) is 95.6 Å². The highest BCUT2D eigenvalue weighted by molar-refractivity contribution is 7.92. The predicted octanol–water partition coefficient (Wildman–Crippen LogP) is 3.58. The summed E-state index contributed by atoms with van der Waals surface area (Å²) in [6.07, 6.45) is 1.81. The third-order valence-electron chi connectivity index (χ3n) is 4.46. The molecule has 0 saturated heterocycles. The fourth-order valence-corrected chi connectivity index (χ4v) is 4.35. The Bertz CT molecular complexity index is 1040. The van der Waals surface area contributed by atoms with Crippen molar-refractivity contribution in [2.45, 2.75) is 33.2 Å². The molecule has 2 N–H and O–H groups in total. The molecule has 0 bridgehead atoms. The molecule has 0 saturated carbocycles. The summed E-state index contributed by atoms with van der Waals surface area (Å²) in [6, 6.07) is 10.3. The number of nitrogens with zero attached hydrogens (tertiary/aromatic N) is 1. The van der Waals surface area contributed by atoms with Gasteiger partial charge in [-0.3, -0.25) is 13.9 Å². The summed E-state index contributed by atoms with van der Waals surface area (Å²) in [6.45, 7) is 5.67. The first-order valence-electron chi connectivity index (χ1n) is 9.50. The van der Waals surface area contributed by atoms with Crippen LogP contribution in [0, 0.1) is 6.92 Å². The molecule has 0 unspecified atom stereocenters. The highest BCUT2D eigenvalue weighted by atomic mass is 35.5. The molecule has 7 nitrogen and oxygen atoms in total. The lowest BCUT2D eigenvalue weighted by molar-refractivity contribution is -0.116. The molecule has 2 aromatic rings. The van der Waals surface area contributed by atoms with Crippen LogP contribution in [0.5, 0.6) is 0 Å². The molecule has 2 aromatic carbocycles. The number of sulfonamides is 1. The van der Waals surface area contributed by atoms with Gasteiger partial charge in [0.2, 0.25) is 15.9 Å². The van der Waals surface area contributed by atoms with E-state index in [2.05, 4.69) is 10.6 Å². The van der Waals surface area contributed by atoms with Crippen molar-refractivity contribution < 1.29 is 18.0 Å². The maximum Gasteiger partial charge on any atom is 0.253 e. The Kier molecular flexibility index (Phi) is 7.86. The van der Waals surface area contributed by atoms with Crippen LogP contribution in [-0.4, -0.2) is 39.1 Å². The zero-order valence-corrected chi connectivity index (χ0v) is 19.0. The number of hydrogen-bond donors (Lipinski definition) is 2. The number of carbonyl (C=O) groups excluding carboxylic acids is 2. The number of anilines is 2. The normalized spacial score (nSPS) is 12.2. The Hall–Kier alpha value is -2.58. The van der Waals surface area contributed by atoms with Crippen molar-refractivity contribution in [2.24, 2.45) is 0 Å². The highest BCUT2D eigenvalue weighted by Gasteiger charge is 2.31. The zero-order chi connectivity index (χ0) is 22.5. The molecule has 0 aliphatic rings. The lowest BCUT2D eigenvalue weighted by Crippen LogP contribution is -2.46. The molecule has 0 aliphatic heterocycles. The smallest absolute Gasteiger partial charge is 0.253 e. The fourth-order valence-electron chi connectivity index (χ4n) is 2.96. The van der Waals surface area contributed by atoms with E-state index in [0.717, 1.165) is 17.0 Å². The van der Waals surface area contributed by atoms with Crippen LogP contribution >= 0.6 is 11.6 Å². The number of benzene rings is 2. The summed E-state index contributed by atoms with van der Waals surface area (Å²) in [7, 11) is -3.80. The molecule has 2 rings (SSSR count). The number of amides is 2. The molecule has 0 aliphatic carbocycles. The van der Waals surface area contributed by atoms with Crippen molar-refractivity contribution in [3.63, 3.8) is 0 Å². The van der Waals surface area contributed by atoms with Gasteiger partial charge in [-0.25, -0.2) is 8.42 Å². The van der Waals surface area contributed by atoms with Crippen molar-refractivity contribution in [1.82, 2.24) is 5.32 Å². The number of aryl methyl sites for hydroxylation is 1. The van der Waals surface area contributed by atoms with Crippen LogP contribution in [0.2, 0.25) is 5.02 Å². The second-order valence-corrected chi connectivity index (χ2v) is 9.25. The Labute approximate surface area is 182 Å². The Morgan fingerprint density at radius 1 is 1.17 bits per heavy atom. The van der Waals surface area contributed by atoms with Crippen LogP contribution < -0.4 is 14.9 Å². The molecule has 0 heterocycles. The van der Waals surface area contributed by atoms with E-state index < -0.39 is 22.0 Å². The summed E-state index contributed by atoms with van der Waals surface area (Å²) < 4.78 is 26.1. The van der Waals surface area contributed by atoms with Gasteiger partial charge >= 0.3 is 0 Å². The van der Waals surface area contributed by atoms with E-state index in [9.17, 15) is 18.0 Å². The van der Waals surface area contributed by atoms with Crippen LogP contribution in [0.25, 0.3) is 0 Å². The first-order chi connectivity index (χ1) is 14.1. The van der Waals surface area contributed by atoms with Gasteiger partial charge in [0.15, 0.2) is 0 Å². The molecule has 30 heavy (non-hydrogen) atoms. The summed E-state index contributed by atoms with van der Waals surface area (Å²) in [5.74, 6) is -0.887. The summed E-state index contributed by atoms with van der Waals surface area (Å²) in [5.41, 5.74) is 1.58. The molecular formula is C21H26ClN3O4S. The van der Waals surface area contributed by atoms with Crippen LogP contribution in [0.1, 0.15) is 36.2 Å². The average molecular weight is 452 g/mol. The van der Waals surface area contributed by atoms with Crippen molar-refractivity contribution in [3.8, 4) is 0 Å². The molecule has 162 valence electrons. The molecule has 2 amide bonds. The van der Waals surface area contributed by atoms with E-state index >= 15 is 0 Å². The second kappa shape index (κ2) is 9.95. The third kappa shape index (κ3) is 5.73. The minimum atomic E-state index is -3.80. The fraction of sp³-hybridized carbons (Fsp3) is 0.333. The van der Waals surface area contributed by atoms with Gasteiger partial charge in [0.25, 0.3) is 5.91 Å². The highest BCUT2D eigenvalue weighted by Crippen LogP contribution is 2.28. The molecular weight excluding hydrogens is 426 g/mol. The van der Waals surface area contributed by atoms with Gasteiger partial charge in [0.1, 0.15) is 6.04 Å². The number of nitrogens with one attached hydrogen (secondary N) is 2. The molecule has 0 spiro atoms. The largest absolute Gasteiger partial charge is 0.352 e. The third-order valence-corrected chi connectivity index (χ3v) is 5.92. The van der Waals surface area contributed by atoms with Crippen LogP contribution in [0.4, 0.5) is 11.4 Å². The summed E-state index contributed by atoms with van der Waals surface area (Å²) in [5, 5.41) is 5.81. The monoisotopic (exact) mass is 451 g/mol. The lowest BCUT2D eigenvalue weighted by Gasteiger charge is -2.29. The SMILES string of the molecule is CCCNC(=O)c1ccccc1NC(=O)[C@@H](C)N(c1cc(Cl)ccc1C)S(C)(=O)=O. The summed E-state index contributed by atoms with van der Waals surface area (Å²) in [4.78, 5) is 25.4. The minimum Gasteiger partial charge on any atom is -0.352 e. The van der Waals surface area contributed by atoms with Gasteiger partial charge in [-0.2, -0.15) is 0 Å². The van der Waals surface area contributed by atoms with Crippen LogP contribution in [0.3, 0.4) is 0 Å². The maximum absolute atomic E-state index is 13.0. The number of carbonyl (C=O) groups is 2. The van der Waals surface area contributed by atoms with Crippen LogP contribution in [-0.2, 0) is 14.8 Å². The van der Waals surface area contributed by atoms with Gasteiger partial charge in [-0.15, -0.1) is 0 Å². The quantitative estimate of drug-likeness (QED) is 0.641. The van der Waals surface area contributed by atoms with Gasteiger partial charge in [-0.05, 0) is 50.1 Å². The van der Waals surface area contributed by atoms with E-state index in [0.29, 0.717) is 34.1 Å². The number of hydrogen-bond acceptors (Lipinski definition) is 4. The number of halogens is 1. The van der Waals surface area contributed by atoms with Gasteiger partial charge in [0, 0.05) is 11.6 Å². The first kappa shape index (κ1) is 23.7. The Balaban J connectivity index is 2.36. The lowest BCUT2D eigenvalue weighted by atomic mass is 10.1.